The summed E-state index contributed by atoms with van der Waals surface area (Å²) in [5.41, 5.74) is 1.49. The molecular weight excluding hydrogens is 224 g/mol. The van der Waals surface area contributed by atoms with Gasteiger partial charge in [-0.2, -0.15) is 0 Å². The van der Waals surface area contributed by atoms with Crippen LogP contribution in [0, 0.1) is 17.8 Å². The topological polar surface area (TPSA) is 18.5 Å². The summed E-state index contributed by atoms with van der Waals surface area (Å²) in [5, 5.41) is 0. The molecule has 2 aliphatic heterocycles. The number of hydrogen-bond acceptors (Lipinski definition) is 2. The van der Waals surface area contributed by atoms with E-state index in [4.69, 9.17) is 9.47 Å². The molecule has 98 valence electrons. The minimum atomic E-state index is 0.661. The van der Waals surface area contributed by atoms with Crippen LogP contribution in [0.1, 0.15) is 24.8 Å². The van der Waals surface area contributed by atoms with E-state index >= 15 is 0 Å². The summed E-state index contributed by atoms with van der Waals surface area (Å²) in [6.07, 6.45) is 1.21. The Bertz CT molecular complexity index is 354. The van der Waals surface area contributed by atoms with Crippen molar-refractivity contribution >= 4 is 0 Å². The highest BCUT2D eigenvalue weighted by Gasteiger charge is 2.42. The second kappa shape index (κ2) is 5.41. The first kappa shape index (κ1) is 12.2. The SMILES string of the molecule is CCC(c1ccccc1)C(C1COC1)C1COC1. The summed E-state index contributed by atoms with van der Waals surface area (Å²) in [4.78, 5) is 0. The number of ether oxygens (including phenoxy) is 2. The third kappa shape index (κ3) is 2.19. The molecule has 1 aromatic carbocycles. The van der Waals surface area contributed by atoms with Crippen LogP contribution in [-0.2, 0) is 9.47 Å². The fraction of sp³-hybridized carbons (Fsp3) is 0.625. The predicted molar refractivity (Wildman–Crippen MR) is 71.6 cm³/mol. The molecule has 0 N–H and O–H groups in total. The van der Waals surface area contributed by atoms with Gasteiger partial charge < -0.3 is 9.47 Å². The van der Waals surface area contributed by atoms with Crippen LogP contribution in [0.3, 0.4) is 0 Å². The highest BCUT2D eigenvalue weighted by atomic mass is 16.5. The second-order valence-electron chi connectivity index (χ2n) is 5.60. The first-order chi connectivity index (χ1) is 8.90. The van der Waals surface area contributed by atoms with Gasteiger partial charge in [0.15, 0.2) is 0 Å². The molecule has 2 heteroatoms. The van der Waals surface area contributed by atoms with E-state index in [9.17, 15) is 0 Å². The molecule has 2 heterocycles. The standard InChI is InChI=1S/C16H22O2/c1-2-15(12-6-4-3-5-7-12)16(13-8-17-9-13)14-10-18-11-14/h3-7,13-16H,2,8-11H2,1H3. The highest BCUT2D eigenvalue weighted by molar-refractivity contribution is 5.21. The fourth-order valence-electron chi connectivity index (χ4n) is 3.42. The predicted octanol–water partition coefficient (Wildman–Crippen LogP) is 3.09. The van der Waals surface area contributed by atoms with E-state index in [0.29, 0.717) is 5.92 Å². The van der Waals surface area contributed by atoms with Crippen LogP contribution in [0.15, 0.2) is 30.3 Å². The van der Waals surface area contributed by atoms with Gasteiger partial charge in [0.25, 0.3) is 0 Å². The monoisotopic (exact) mass is 246 g/mol. The summed E-state index contributed by atoms with van der Waals surface area (Å²) in [7, 11) is 0. The molecule has 3 rings (SSSR count). The van der Waals surface area contributed by atoms with Crippen molar-refractivity contribution in [3.63, 3.8) is 0 Å². The van der Waals surface area contributed by atoms with Crippen molar-refractivity contribution in [2.75, 3.05) is 26.4 Å². The van der Waals surface area contributed by atoms with E-state index in [1.165, 1.54) is 12.0 Å². The summed E-state index contributed by atoms with van der Waals surface area (Å²) < 4.78 is 10.8. The van der Waals surface area contributed by atoms with E-state index in [2.05, 4.69) is 37.3 Å². The van der Waals surface area contributed by atoms with Gasteiger partial charge >= 0.3 is 0 Å². The number of hydrogen-bond donors (Lipinski definition) is 0. The van der Waals surface area contributed by atoms with Crippen molar-refractivity contribution in [1.82, 2.24) is 0 Å². The lowest BCUT2D eigenvalue weighted by Crippen LogP contribution is -2.47. The minimum Gasteiger partial charge on any atom is -0.381 e. The van der Waals surface area contributed by atoms with Gasteiger partial charge in [0.05, 0.1) is 26.4 Å². The van der Waals surface area contributed by atoms with Crippen LogP contribution < -0.4 is 0 Å². The van der Waals surface area contributed by atoms with E-state index in [-0.39, 0.29) is 0 Å². The lowest BCUT2D eigenvalue weighted by atomic mass is 9.68. The normalized spacial score (nSPS) is 22.6. The number of rotatable bonds is 5. The van der Waals surface area contributed by atoms with Gasteiger partial charge in [0.2, 0.25) is 0 Å². The van der Waals surface area contributed by atoms with E-state index in [0.717, 1.165) is 44.2 Å². The summed E-state index contributed by atoms with van der Waals surface area (Å²) in [5.74, 6) is 2.88. The zero-order valence-corrected chi connectivity index (χ0v) is 11.0. The van der Waals surface area contributed by atoms with Gasteiger partial charge in [0, 0.05) is 11.8 Å². The largest absolute Gasteiger partial charge is 0.381 e. The van der Waals surface area contributed by atoms with Crippen molar-refractivity contribution in [3.8, 4) is 0 Å². The minimum absolute atomic E-state index is 0.661. The average molecular weight is 246 g/mol. The second-order valence-corrected chi connectivity index (χ2v) is 5.60. The summed E-state index contributed by atoms with van der Waals surface area (Å²) in [6, 6.07) is 11.0. The quantitative estimate of drug-likeness (QED) is 0.795. The van der Waals surface area contributed by atoms with Gasteiger partial charge in [0.1, 0.15) is 0 Å². The molecule has 2 nitrogen and oxygen atoms in total. The zero-order valence-electron chi connectivity index (χ0n) is 11.0. The van der Waals surface area contributed by atoms with Gasteiger partial charge in [-0.25, -0.2) is 0 Å². The highest BCUT2D eigenvalue weighted by Crippen LogP contribution is 2.43. The Balaban J connectivity index is 1.82. The Morgan fingerprint density at radius 2 is 1.56 bits per heavy atom. The molecule has 18 heavy (non-hydrogen) atoms. The van der Waals surface area contributed by atoms with Crippen LogP contribution in [0.25, 0.3) is 0 Å². The van der Waals surface area contributed by atoms with Gasteiger partial charge in [-0.15, -0.1) is 0 Å². The first-order valence-electron chi connectivity index (χ1n) is 7.10. The maximum Gasteiger partial charge on any atom is 0.0519 e. The smallest absolute Gasteiger partial charge is 0.0519 e. The van der Waals surface area contributed by atoms with Gasteiger partial charge in [-0.3, -0.25) is 0 Å². The first-order valence-corrected chi connectivity index (χ1v) is 7.10. The summed E-state index contributed by atoms with van der Waals surface area (Å²) >= 11 is 0. The van der Waals surface area contributed by atoms with E-state index < -0.39 is 0 Å². The Morgan fingerprint density at radius 1 is 1.00 bits per heavy atom. The third-order valence-corrected chi connectivity index (χ3v) is 4.55. The molecule has 2 saturated heterocycles. The maximum atomic E-state index is 5.42. The molecule has 0 radical (unpaired) electrons. The van der Waals surface area contributed by atoms with Gasteiger partial charge in [-0.05, 0) is 23.8 Å². The number of benzene rings is 1. The molecule has 1 atom stereocenters. The van der Waals surface area contributed by atoms with Crippen molar-refractivity contribution in [2.24, 2.45) is 17.8 Å². The van der Waals surface area contributed by atoms with Crippen molar-refractivity contribution in [2.45, 2.75) is 19.3 Å². The van der Waals surface area contributed by atoms with Crippen LogP contribution in [0.5, 0.6) is 0 Å². The fourth-order valence-corrected chi connectivity index (χ4v) is 3.42. The van der Waals surface area contributed by atoms with Crippen LogP contribution in [0.2, 0.25) is 0 Å². The molecule has 0 saturated carbocycles. The van der Waals surface area contributed by atoms with Crippen LogP contribution in [-0.4, -0.2) is 26.4 Å². The molecule has 1 aromatic rings. The molecule has 0 aliphatic carbocycles. The van der Waals surface area contributed by atoms with Crippen LogP contribution >= 0.6 is 0 Å². The Kier molecular flexibility index (Phi) is 3.67. The van der Waals surface area contributed by atoms with E-state index in [1.54, 1.807) is 0 Å². The molecule has 2 aliphatic rings. The Labute approximate surface area is 109 Å². The zero-order chi connectivity index (χ0) is 12.4. The molecule has 0 bridgehead atoms. The molecule has 0 spiro atoms. The van der Waals surface area contributed by atoms with Crippen LogP contribution in [0.4, 0.5) is 0 Å². The van der Waals surface area contributed by atoms with Crippen molar-refractivity contribution in [3.05, 3.63) is 35.9 Å². The maximum absolute atomic E-state index is 5.42. The average Bonchev–Trinajstić information content (AvgIpc) is 2.27. The molecule has 0 aromatic heterocycles. The molecule has 0 amide bonds. The van der Waals surface area contributed by atoms with Gasteiger partial charge in [-0.1, -0.05) is 37.3 Å². The Hall–Kier alpha value is -0.860. The molecule has 2 fully saturated rings. The molecular formula is C16H22O2. The summed E-state index contributed by atoms with van der Waals surface area (Å²) in [6.45, 7) is 6.10. The Morgan fingerprint density at radius 3 is 1.94 bits per heavy atom. The lowest BCUT2D eigenvalue weighted by Gasteiger charge is -2.46. The molecule has 1 unspecified atom stereocenters. The van der Waals surface area contributed by atoms with Crippen molar-refractivity contribution in [1.29, 1.82) is 0 Å². The third-order valence-electron chi connectivity index (χ3n) is 4.55. The van der Waals surface area contributed by atoms with Crippen molar-refractivity contribution < 1.29 is 9.47 Å². The van der Waals surface area contributed by atoms with E-state index in [1.807, 2.05) is 0 Å². The lowest BCUT2D eigenvalue weighted by molar-refractivity contribution is -0.135.